The Bertz CT molecular complexity index is 861. The molecule has 3 heterocycles. The monoisotopic (exact) mass is 387 g/mol. The second kappa shape index (κ2) is 7.82. The summed E-state index contributed by atoms with van der Waals surface area (Å²) in [7, 11) is -3.30. The number of rotatable bonds is 5. The maximum Gasteiger partial charge on any atom is 0.227 e. The Labute approximate surface area is 160 Å². The van der Waals surface area contributed by atoms with Crippen LogP contribution in [-0.4, -0.2) is 62.0 Å². The lowest BCUT2D eigenvalue weighted by atomic mass is 10.2. The summed E-state index contributed by atoms with van der Waals surface area (Å²) in [5.74, 6) is 1.72. The molecular weight excluding hydrogens is 362 g/mol. The Morgan fingerprint density at radius 2 is 1.56 bits per heavy atom. The van der Waals surface area contributed by atoms with Gasteiger partial charge in [0.15, 0.2) is 0 Å². The summed E-state index contributed by atoms with van der Waals surface area (Å²) in [6.45, 7) is 4.27. The van der Waals surface area contributed by atoms with Gasteiger partial charge in [0.2, 0.25) is 16.0 Å². The molecule has 0 amide bonds. The molecule has 8 heteroatoms. The highest BCUT2D eigenvalue weighted by Crippen LogP contribution is 2.21. The first-order valence-electron chi connectivity index (χ1n) is 9.46. The molecule has 0 aliphatic carbocycles. The van der Waals surface area contributed by atoms with Crippen LogP contribution in [0.3, 0.4) is 0 Å². The molecule has 7 nitrogen and oxygen atoms in total. The fraction of sp³-hybridized carbons (Fsp3) is 0.474. The molecule has 4 rings (SSSR count). The van der Waals surface area contributed by atoms with Crippen LogP contribution in [0, 0.1) is 0 Å². The van der Waals surface area contributed by atoms with Crippen molar-refractivity contribution in [1.82, 2.24) is 14.3 Å². The van der Waals surface area contributed by atoms with Crippen LogP contribution in [0.5, 0.6) is 0 Å². The molecule has 0 radical (unpaired) electrons. The average Bonchev–Trinajstić information content (AvgIpc) is 3.24. The normalized spacial score (nSPS) is 18.8. The number of sulfonamides is 1. The summed E-state index contributed by atoms with van der Waals surface area (Å²) in [6, 6.07) is 11.3. The molecule has 0 N–H and O–H groups in total. The molecule has 27 heavy (non-hydrogen) atoms. The van der Waals surface area contributed by atoms with Crippen LogP contribution in [0.4, 0.5) is 11.8 Å². The zero-order valence-electron chi connectivity index (χ0n) is 15.4. The summed E-state index contributed by atoms with van der Waals surface area (Å²) in [5.41, 5.74) is 0.825. The third kappa shape index (κ3) is 4.22. The minimum Gasteiger partial charge on any atom is -0.354 e. The Hall–Kier alpha value is -2.19. The van der Waals surface area contributed by atoms with Crippen LogP contribution in [-0.2, 0) is 15.8 Å². The van der Waals surface area contributed by atoms with Crippen LogP contribution in [0.15, 0.2) is 42.6 Å². The fourth-order valence-electron chi connectivity index (χ4n) is 3.66. The van der Waals surface area contributed by atoms with Crippen molar-refractivity contribution in [2.45, 2.75) is 18.6 Å². The number of anilines is 2. The van der Waals surface area contributed by atoms with Gasteiger partial charge in [-0.2, -0.15) is 9.29 Å². The highest BCUT2D eigenvalue weighted by Gasteiger charge is 2.28. The van der Waals surface area contributed by atoms with Gasteiger partial charge in [0, 0.05) is 45.5 Å². The van der Waals surface area contributed by atoms with Gasteiger partial charge in [0.1, 0.15) is 5.82 Å². The summed E-state index contributed by atoms with van der Waals surface area (Å²) in [5, 5.41) is 0. The highest BCUT2D eigenvalue weighted by molar-refractivity contribution is 7.88. The minimum absolute atomic E-state index is 0.0560. The summed E-state index contributed by atoms with van der Waals surface area (Å²) < 4.78 is 27.0. The maximum absolute atomic E-state index is 12.7. The van der Waals surface area contributed by atoms with Gasteiger partial charge >= 0.3 is 0 Å². The van der Waals surface area contributed by atoms with Crippen LogP contribution >= 0.6 is 0 Å². The maximum atomic E-state index is 12.7. The Kier molecular flexibility index (Phi) is 5.27. The molecule has 2 aromatic rings. The van der Waals surface area contributed by atoms with Crippen LogP contribution < -0.4 is 9.80 Å². The molecular formula is C19H25N5O2S. The molecule has 0 saturated carbocycles. The van der Waals surface area contributed by atoms with E-state index < -0.39 is 10.0 Å². The SMILES string of the molecule is O=S(=O)(Cc1ccccc1)N1CCN(c2ccnc(N3CCCC3)n2)CC1. The molecule has 144 valence electrons. The molecule has 0 spiro atoms. The van der Waals surface area contributed by atoms with E-state index in [2.05, 4.69) is 14.8 Å². The predicted octanol–water partition coefficient (Wildman–Crippen LogP) is 1.73. The van der Waals surface area contributed by atoms with Crippen molar-refractivity contribution in [3.05, 3.63) is 48.2 Å². The van der Waals surface area contributed by atoms with E-state index in [0.717, 1.165) is 30.4 Å². The quantitative estimate of drug-likeness (QED) is 0.778. The molecule has 2 aliphatic rings. The summed E-state index contributed by atoms with van der Waals surface area (Å²) in [4.78, 5) is 13.5. The smallest absolute Gasteiger partial charge is 0.227 e. The largest absolute Gasteiger partial charge is 0.354 e. The molecule has 0 bridgehead atoms. The van der Waals surface area contributed by atoms with Gasteiger partial charge in [-0.3, -0.25) is 0 Å². The molecule has 1 aromatic heterocycles. The summed E-state index contributed by atoms with van der Waals surface area (Å²) in [6.07, 6.45) is 4.17. The lowest BCUT2D eigenvalue weighted by Gasteiger charge is -2.35. The molecule has 0 unspecified atom stereocenters. The number of benzene rings is 1. The van der Waals surface area contributed by atoms with Gasteiger partial charge in [0.25, 0.3) is 0 Å². The van der Waals surface area contributed by atoms with Gasteiger partial charge in [-0.05, 0) is 24.5 Å². The fourth-order valence-corrected chi connectivity index (χ4v) is 5.17. The van der Waals surface area contributed by atoms with Crippen molar-refractivity contribution >= 4 is 21.8 Å². The van der Waals surface area contributed by atoms with E-state index in [1.165, 1.54) is 12.8 Å². The number of aromatic nitrogens is 2. The van der Waals surface area contributed by atoms with E-state index in [4.69, 9.17) is 4.98 Å². The van der Waals surface area contributed by atoms with Crippen LogP contribution in [0.2, 0.25) is 0 Å². The number of piperazine rings is 1. The number of hydrogen-bond acceptors (Lipinski definition) is 6. The lowest BCUT2D eigenvalue weighted by Crippen LogP contribution is -2.49. The Morgan fingerprint density at radius 1 is 0.852 bits per heavy atom. The summed E-state index contributed by atoms with van der Waals surface area (Å²) >= 11 is 0. The van der Waals surface area contributed by atoms with E-state index in [1.807, 2.05) is 36.4 Å². The van der Waals surface area contributed by atoms with E-state index >= 15 is 0 Å². The third-order valence-corrected chi connectivity index (χ3v) is 7.02. The van der Waals surface area contributed by atoms with Crippen LogP contribution in [0.1, 0.15) is 18.4 Å². The zero-order chi connectivity index (χ0) is 18.7. The minimum atomic E-state index is -3.30. The molecule has 2 saturated heterocycles. The number of nitrogens with zero attached hydrogens (tertiary/aromatic N) is 5. The van der Waals surface area contributed by atoms with Crippen molar-refractivity contribution < 1.29 is 8.42 Å². The predicted molar refractivity (Wildman–Crippen MR) is 106 cm³/mol. The topological polar surface area (TPSA) is 69.6 Å². The van der Waals surface area contributed by atoms with E-state index in [0.29, 0.717) is 26.2 Å². The van der Waals surface area contributed by atoms with Gasteiger partial charge in [0.05, 0.1) is 5.75 Å². The van der Waals surface area contributed by atoms with E-state index in [9.17, 15) is 8.42 Å². The standard InChI is InChI=1S/C19H25N5O2S/c25-27(26,16-17-6-2-1-3-7-17)24-14-12-22(13-15-24)18-8-9-20-19(21-18)23-10-4-5-11-23/h1-3,6-9H,4-5,10-16H2. The zero-order valence-corrected chi connectivity index (χ0v) is 16.2. The van der Waals surface area contributed by atoms with Crippen LogP contribution in [0.25, 0.3) is 0 Å². The first kappa shape index (κ1) is 18.2. The lowest BCUT2D eigenvalue weighted by molar-refractivity contribution is 0.383. The molecule has 2 aliphatic heterocycles. The molecule has 1 aromatic carbocycles. The van der Waals surface area contributed by atoms with E-state index in [1.54, 1.807) is 10.5 Å². The second-order valence-corrected chi connectivity index (χ2v) is 9.01. The van der Waals surface area contributed by atoms with Gasteiger partial charge in [-0.1, -0.05) is 30.3 Å². The van der Waals surface area contributed by atoms with Gasteiger partial charge < -0.3 is 9.80 Å². The van der Waals surface area contributed by atoms with Crippen molar-refractivity contribution in [3.63, 3.8) is 0 Å². The van der Waals surface area contributed by atoms with Gasteiger partial charge in [-0.15, -0.1) is 0 Å². The van der Waals surface area contributed by atoms with Crippen molar-refractivity contribution in [2.75, 3.05) is 49.1 Å². The molecule has 0 atom stereocenters. The van der Waals surface area contributed by atoms with E-state index in [-0.39, 0.29) is 5.75 Å². The third-order valence-electron chi connectivity index (χ3n) is 5.16. The highest BCUT2D eigenvalue weighted by atomic mass is 32.2. The number of hydrogen-bond donors (Lipinski definition) is 0. The molecule has 2 fully saturated rings. The average molecular weight is 388 g/mol. The van der Waals surface area contributed by atoms with Gasteiger partial charge in [-0.25, -0.2) is 13.4 Å². The van der Waals surface area contributed by atoms with Crippen molar-refractivity contribution in [2.24, 2.45) is 0 Å². The Morgan fingerprint density at radius 3 is 2.26 bits per heavy atom. The second-order valence-electron chi connectivity index (χ2n) is 7.04. The van der Waals surface area contributed by atoms with Crippen molar-refractivity contribution in [1.29, 1.82) is 0 Å². The Balaban J connectivity index is 1.39. The first-order valence-corrected chi connectivity index (χ1v) is 11.1. The van der Waals surface area contributed by atoms with Crippen molar-refractivity contribution in [3.8, 4) is 0 Å². The first-order chi connectivity index (χ1) is 13.1.